The Morgan fingerprint density at radius 3 is 2.40 bits per heavy atom. The van der Waals surface area contributed by atoms with Crippen molar-refractivity contribution in [1.82, 2.24) is 4.57 Å². The molecule has 0 N–H and O–H groups in total. The summed E-state index contributed by atoms with van der Waals surface area (Å²) in [7, 11) is 1.57. The Labute approximate surface area is 203 Å². The maximum atomic E-state index is 13.5. The summed E-state index contributed by atoms with van der Waals surface area (Å²) in [6.45, 7) is 0.539. The van der Waals surface area contributed by atoms with Crippen LogP contribution < -0.4 is 24.4 Å². The highest BCUT2D eigenvalue weighted by Crippen LogP contribution is 2.31. The van der Waals surface area contributed by atoms with Gasteiger partial charge in [-0.3, -0.25) is 9.36 Å². The summed E-state index contributed by atoms with van der Waals surface area (Å²) in [5.74, 6) is 0.0581. The number of ether oxygens (including phenoxy) is 3. The fourth-order valence-corrected chi connectivity index (χ4v) is 4.84. The number of halogens is 2. The Morgan fingerprint density at radius 1 is 1.14 bits per heavy atom. The van der Waals surface area contributed by atoms with E-state index in [1.807, 2.05) is 12.1 Å². The molecule has 0 aliphatic carbocycles. The minimum atomic E-state index is -2.96. The summed E-state index contributed by atoms with van der Waals surface area (Å²) in [6, 6.07) is 12.2. The maximum Gasteiger partial charge on any atom is 0.387 e. The van der Waals surface area contributed by atoms with E-state index in [9.17, 15) is 18.4 Å². The minimum absolute atomic E-state index is 0.0333. The van der Waals surface area contributed by atoms with E-state index in [1.54, 1.807) is 51.3 Å². The van der Waals surface area contributed by atoms with E-state index in [-0.39, 0.29) is 23.5 Å². The number of fused-ring (bicyclic) bond motifs is 1. The van der Waals surface area contributed by atoms with E-state index >= 15 is 0 Å². The number of esters is 1. The van der Waals surface area contributed by atoms with Gasteiger partial charge >= 0.3 is 12.6 Å². The summed E-state index contributed by atoms with van der Waals surface area (Å²) in [5, 5.41) is 0. The molecule has 0 saturated heterocycles. The number of hydrogen-bond donors (Lipinski definition) is 0. The molecule has 0 saturated carbocycles. The lowest BCUT2D eigenvalue weighted by molar-refractivity contribution is -0.139. The highest BCUT2D eigenvalue weighted by Gasteiger charge is 2.33. The summed E-state index contributed by atoms with van der Waals surface area (Å²) in [4.78, 5) is 31.3. The predicted molar refractivity (Wildman–Crippen MR) is 126 cm³/mol. The number of rotatable bonds is 7. The average Bonchev–Trinajstić information content (AvgIpc) is 3.13. The Hall–Kier alpha value is -3.79. The van der Waals surface area contributed by atoms with E-state index in [2.05, 4.69) is 9.73 Å². The third-order valence-corrected chi connectivity index (χ3v) is 6.33. The summed E-state index contributed by atoms with van der Waals surface area (Å²) < 4.78 is 41.9. The van der Waals surface area contributed by atoms with Crippen molar-refractivity contribution in [3.05, 3.63) is 90.6 Å². The van der Waals surface area contributed by atoms with Crippen molar-refractivity contribution in [2.24, 2.45) is 4.99 Å². The van der Waals surface area contributed by atoms with Gasteiger partial charge in [0.25, 0.3) is 5.56 Å². The van der Waals surface area contributed by atoms with Gasteiger partial charge in [-0.15, -0.1) is 0 Å². The number of hydrogen-bond acceptors (Lipinski definition) is 7. The monoisotopic (exact) mass is 500 g/mol. The quantitative estimate of drug-likeness (QED) is 0.465. The largest absolute Gasteiger partial charge is 0.497 e. The number of nitrogens with zero attached hydrogens (tertiary/aromatic N) is 2. The Morgan fingerprint density at radius 2 is 1.80 bits per heavy atom. The number of carbonyl (C=O) groups excluding carboxylic acids is 1. The zero-order valence-electron chi connectivity index (χ0n) is 19.2. The topological polar surface area (TPSA) is 79.1 Å². The molecule has 3 aromatic rings. The molecule has 182 valence electrons. The lowest BCUT2D eigenvalue weighted by Crippen LogP contribution is -2.39. The van der Waals surface area contributed by atoms with Gasteiger partial charge in [0.2, 0.25) is 0 Å². The number of thiazole rings is 1. The van der Waals surface area contributed by atoms with Crippen molar-refractivity contribution in [1.29, 1.82) is 0 Å². The van der Waals surface area contributed by atoms with Crippen LogP contribution in [0.5, 0.6) is 11.5 Å². The lowest BCUT2D eigenvalue weighted by atomic mass is 9.96. The Balaban J connectivity index is 1.87. The number of carbonyl (C=O) groups is 1. The second-order valence-corrected chi connectivity index (χ2v) is 8.53. The molecule has 0 fully saturated rings. The summed E-state index contributed by atoms with van der Waals surface area (Å²) in [5.41, 5.74) is 1.61. The van der Waals surface area contributed by atoms with Gasteiger partial charge in [0, 0.05) is 0 Å². The van der Waals surface area contributed by atoms with E-state index in [4.69, 9.17) is 9.47 Å². The molecular weight excluding hydrogens is 478 g/mol. The first kappa shape index (κ1) is 24.3. The van der Waals surface area contributed by atoms with Crippen LogP contribution in [0, 0.1) is 0 Å². The molecule has 2 heterocycles. The van der Waals surface area contributed by atoms with Crippen molar-refractivity contribution in [3.8, 4) is 11.5 Å². The fourth-order valence-electron chi connectivity index (χ4n) is 3.79. The standard InChI is InChI=1S/C25H22F2N2O5S/c1-4-33-23(31)20-14(2)28-25-29(21(20)16-7-11-18(12-8-16)34-24(26)27)22(30)19(35-25)13-15-5-9-17(32-3)10-6-15/h5-13,21,24H,4H2,1-3H3/b19-13-. The van der Waals surface area contributed by atoms with Crippen LogP contribution in [0.4, 0.5) is 8.78 Å². The number of methoxy groups -OCH3 is 1. The second-order valence-electron chi connectivity index (χ2n) is 7.52. The molecule has 35 heavy (non-hydrogen) atoms. The van der Waals surface area contributed by atoms with Crippen LogP contribution in [0.25, 0.3) is 6.08 Å². The highest BCUT2D eigenvalue weighted by atomic mass is 32.1. The molecule has 1 unspecified atom stereocenters. The summed E-state index contributed by atoms with van der Waals surface area (Å²) in [6.07, 6.45) is 1.74. The van der Waals surface area contributed by atoms with Gasteiger partial charge in [-0.25, -0.2) is 9.79 Å². The first-order valence-corrected chi connectivity index (χ1v) is 11.5. The smallest absolute Gasteiger partial charge is 0.387 e. The van der Waals surface area contributed by atoms with Crippen molar-refractivity contribution in [2.45, 2.75) is 26.5 Å². The van der Waals surface area contributed by atoms with Crippen molar-refractivity contribution in [2.75, 3.05) is 13.7 Å². The number of alkyl halides is 2. The lowest BCUT2D eigenvalue weighted by Gasteiger charge is -2.24. The van der Waals surface area contributed by atoms with E-state index in [0.29, 0.717) is 26.3 Å². The number of allylic oxidation sites excluding steroid dienone is 1. The molecule has 10 heteroatoms. The van der Waals surface area contributed by atoms with Gasteiger partial charge in [-0.05, 0) is 55.3 Å². The van der Waals surface area contributed by atoms with Gasteiger partial charge < -0.3 is 14.2 Å². The number of aromatic nitrogens is 1. The molecule has 1 aromatic heterocycles. The molecule has 1 atom stereocenters. The fraction of sp³-hybridized carbons (Fsp3) is 0.240. The van der Waals surface area contributed by atoms with E-state index in [1.165, 1.54) is 28.0 Å². The average molecular weight is 501 g/mol. The molecule has 7 nitrogen and oxygen atoms in total. The third-order valence-electron chi connectivity index (χ3n) is 5.35. The van der Waals surface area contributed by atoms with Crippen molar-refractivity contribution >= 4 is 23.4 Å². The van der Waals surface area contributed by atoms with E-state index in [0.717, 1.165) is 5.56 Å². The molecular formula is C25H22F2N2O5S. The predicted octanol–water partition coefficient (Wildman–Crippen LogP) is 3.41. The zero-order valence-corrected chi connectivity index (χ0v) is 20.0. The zero-order chi connectivity index (χ0) is 25.1. The SMILES string of the molecule is CCOC(=O)C1=C(C)N=c2s/c(=C\c3ccc(OC)cc3)c(=O)n2C1c1ccc(OC(F)F)cc1. The Bertz CT molecular complexity index is 1440. The summed E-state index contributed by atoms with van der Waals surface area (Å²) >= 11 is 1.19. The molecule has 0 radical (unpaired) electrons. The molecule has 4 rings (SSSR count). The van der Waals surface area contributed by atoms with Crippen LogP contribution in [0.3, 0.4) is 0 Å². The maximum absolute atomic E-state index is 13.5. The second kappa shape index (κ2) is 10.2. The van der Waals surface area contributed by atoms with Crippen LogP contribution >= 0.6 is 11.3 Å². The normalized spacial score (nSPS) is 15.6. The van der Waals surface area contributed by atoms with Crippen molar-refractivity contribution < 1.29 is 27.8 Å². The van der Waals surface area contributed by atoms with Crippen LogP contribution in [0.2, 0.25) is 0 Å². The molecule has 1 aliphatic rings. The van der Waals surface area contributed by atoms with E-state index < -0.39 is 18.6 Å². The highest BCUT2D eigenvalue weighted by molar-refractivity contribution is 7.07. The third kappa shape index (κ3) is 5.02. The molecule has 1 aliphatic heterocycles. The first-order chi connectivity index (χ1) is 16.8. The Kier molecular flexibility index (Phi) is 7.11. The van der Waals surface area contributed by atoms with Gasteiger partial charge in [0.1, 0.15) is 11.5 Å². The molecule has 0 spiro atoms. The van der Waals surface area contributed by atoms with Gasteiger partial charge in [-0.2, -0.15) is 8.78 Å². The number of benzene rings is 2. The van der Waals surface area contributed by atoms with Crippen LogP contribution in [-0.2, 0) is 9.53 Å². The van der Waals surface area contributed by atoms with Gasteiger partial charge in [0.15, 0.2) is 4.80 Å². The van der Waals surface area contributed by atoms with Gasteiger partial charge in [0.05, 0.1) is 35.6 Å². The minimum Gasteiger partial charge on any atom is -0.497 e. The molecule has 0 amide bonds. The molecule has 2 aromatic carbocycles. The van der Waals surface area contributed by atoms with Gasteiger partial charge in [-0.1, -0.05) is 35.6 Å². The van der Waals surface area contributed by atoms with Crippen LogP contribution in [0.1, 0.15) is 31.0 Å². The van der Waals surface area contributed by atoms with Crippen LogP contribution in [-0.4, -0.2) is 30.9 Å². The molecule has 0 bridgehead atoms. The van der Waals surface area contributed by atoms with Crippen molar-refractivity contribution in [3.63, 3.8) is 0 Å². The first-order valence-electron chi connectivity index (χ1n) is 10.7. The van der Waals surface area contributed by atoms with Crippen LogP contribution in [0.15, 0.2) is 69.6 Å².